The molecule has 0 aromatic rings. The highest BCUT2D eigenvalue weighted by Crippen LogP contribution is 2.17. The van der Waals surface area contributed by atoms with Crippen LogP contribution in [0.2, 0.25) is 0 Å². The lowest BCUT2D eigenvalue weighted by Crippen LogP contribution is -2.30. The van der Waals surface area contributed by atoms with Crippen LogP contribution in [-0.2, 0) is 28.6 Å². The Hall–Kier alpha value is -1.85. The lowest BCUT2D eigenvalue weighted by atomic mass is 10.0. The van der Waals surface area contributed by atoms with Crippen molar-refractivity contribution in [2.75, 3.05) is 13.2 Å². The van der Waals surface area contributed by atoms with Crippen molar-refractivity contribution in [3.63, 3.8) is 0 Å². The first-order valence-electron chi connectivity index (χ1n) is 26.7. The summed E-state index contributed by atoms with van der Waals surface area (Å²) < 4.78 is 16.7. The maximum atomic E-state index is 12.7. The zero-order valence-corrected chi connectivity index (χ0v) is 40.5. The fourth-order valence-corrected chi connectivity index (χ4v) is 7.95. The molecule has 6 nitrogen and oxygen atoms in total. The van der Waals surface area contributed by atoms with E-state index in [1.807, 2.05) is 0 Å². The Balaban J connectivity index is 4.10. The van der Waals surface area contributed by atoms with Crippen molar-refractivity contribution in [2.45, 2.75) is 303 Å². The van der Waals surface area contributed by atoms with E-state index >= 15 is 0 Å². The van der Waals surface area contributed by atoms with Crippen molar-refractivity contribution in [3.05, 3.63) is 12.2 Å². The van der Waals surface area contributed by atoms with Crippen molar-refractivity contribution < 1.29 is 28.6 Å². The molecule has 0 bridgehead atoms. The number of carbonyl (C=O) groups is 3. The first-order chi connectivity index (χ1) is 29.5. The summed E-state index contributed by atoms with van der Waals surface area (Å²) in [6, 6.07) is 0. The second kappa shape index (κ2) is 49.8. The van der Waals surface area contributed by atoms with E-state index < -0.39 is 6.10 Å². The van der Waals surface area contributed by atoms with Crippen LogP contribution < -0.4 is 0 Å². The Kier molecular flexibility index (Phi) is 48.3. The maximum Gasteiger partial charge on any atom is 0.306 e. The molecule has 354 valence electrons. The molecule has 0 N–H and O–H groups in total. The molecule has 60 heavy (non-hydrogen) atoms. The summed E-state index contributed by atoms with van der Waals surface area (Å²) >= 11 is 0. The Labute approximate surface area is 373 Å². The number of ether oxygens (including phenoxy) is 3. The van der Waals surface area contributed by atoms with Gasteiger partial charge in [0, 0.05) is 19.3 Å². The van der Waals surface area contributed by atoms with Crippen LogP contribution in [0.25, 0.3) is 0 Å². The Morgan fingerprint density at radius 1 is 0.317 bits per heavy atom. The molecule has 0 radical (unpaired) electrons. The zero-order valence-electron chi connectivity index (χ0n) is 40.5. The molecular weight excluding hydrogens is 745 g/mol. The summed E-state index contributed by atoms with van der Waals surface area (Å²) in [4.78, 5) is 37.8. The Morgan fingerprint density at radius 2 is 0.567 bits per heavy atom. The van der Waals surface area contributed by atoms with Gasteiger partial charge in [-0.15, -0.1) is 0 Å². The van der Waals surface area contributed by atoms with Crippen LogP contribution in [0, 0.1) is 0 Å². The molecule has 0 aliphatic carbocycles. The zero-order chi connectivity index (χ0) is 43.7. The molecule has 0 rings (SSSR count). The summed E-state index contributed by atoms with van der Waals surface area (Å²) in [6.07, 6.45) is 55.1. The molecular formula is C54H102O6. The minimum Gasteiger partial charge on any atom is -0.462 e. The molecule has 0 amide bonds. The Morgan fingerprint density at radius 3 is 0.883 bits per heavy atom. The average Bonchev–Trinajstić information content (AvgIpc) is 3.24. The number of rotatable bonds is 49. The number of esters is 3. The topological polar surface area (TPSA) is 78.9 Å². The minimum atomic E-state index is -0.766. The van der Waals surface area contributed by atoms with E-state index in [0.717, 1.165) is 64.2 Å². The van der Waals surface area contributed by atoms with E-state index in [-0.39, 0.29) is 31.1 Å². The largest absolute Gasteiger partial charge is 0.462 e. The van der Waals surface area contributed by atoms with Crippen LogP contribution in [0.5, 0.6) is 0 Å². The minimum absolute atomic E-state index is 0.0687. The molecule has 0 heterocycles. The smallest absolute Gasteiger partial charge is 0.306 e. The van der Waals surface area contributed by atoms with Gasteiger partial charge in [-0.2, -0.15) is 0 Å². The van der Waals surface area contributed by atoms with Gasteiger partial charge >= 0.3 is 17.9 Å². The van der Waals surface area contributed by atoms with Gasteiger partial charge in [0.25, 0.3) is 0 Å². The second-order valence-corrected chi connectivity index (χ2v) is 18.2. The molecule has 0 aromatic heterocycles. The Bertz CT molecular complexity index is 931. The number of allylic oxidation sites excluding steroid dienone is 2. The fourth-order valence-electron chi connectivity index (χ4n) is 7.95. The number of unbranched alkanes of at least 4 members (excludes halogenated alkanes) is 36. The predicted molar refractivity (Wildman–Crippen MR) is 256 cm³/mol. The van der Waals surface area contributed by atoms with Crippen LogP contribution in [0.4, 0.5) is 0 Å². The second-order valence-electron chi connectivity index (χ2n) is 18.2. The first kappa shape index (κ1) is 58.1. The van der Waals surface area contributed by atoms with Gasteiger partial charge in [0.05, 0.1) is 0 Å². The third-order valence-electron chi connectivity index (χ3n) is 12.0. The lowest BCUT2D eigenvalue weighted by Gasteiger charge is -2.18. The van der Waals surface area contributed by atoms with Gasteiger partial charge in [-0.1, -0.05) is 251 Å². The first-order valence-corrected chi connectivity index (χ1v) is 26.7. The van der Waals surface area contributed by atoms with Gasteiger partial charge in [0.15, 0.2) is 6.10 Å². The molecule has 1 unspecified atom stereocenters. The van der Waals surface area contributed by atoms with E-state index in [1.165, 1.54) is 193 Å². The number of hydrogen-bond donors (Lipinski definition) is 0. The molecule has 1 atom stereocenters. The van der Waals surface area contributed by atoms with Crippen molar-refractivity contribution in [2.24, 2.45) is 0 Å². The maximum absolute atomic E-state index is 12.7. The third-order valence-corrected chi connectivity index (χ3v) is 12.0. The lowest BCUT2D eigenvalue weighted by molar-refractivity contribution is -0.167. The van der Waals surface area contributed by atoms with E-state index in [9.17, 15) is 14.4 Å². The third kappa shape index (κ3) is 47.2. The van der Waals surface area contributed by atoms with Gasteiger partial charge in [-0.3, -0.25) is 14.4 Å². The van der Waals surface area contributed by atoms with Gasteiger partial charge in [-0.25, -0.2) is 0 Å². The summed E-state index contributed by atoms with van der Waals surface area (Å²) in [5.41, 5.74) is 0. The van der Waals surface area contributed by atoms with E-state index in [4.69, 9.17) is 14.2 Å². The molecule has 0 aliphatic heterocycles. The highest BCUT2D eigenvalue weighted by molar-refractivity contribution is 5.71. The van der Waals surface area contributed by atoms with Crippen LogP contribution >= 0.6 is 0 Å². The van der Waals surface area contributed by atoms with Crippen LogP contribution in [0.3, 0.4) is 0 Å². The molecule has 0 spiro atoms. The normalized spacial score (nSPS) is 12.0. The number of hydrogen-bond acceptors (Lipinski definition) is 6. The van der Waals surface area contributed by atoms with Gasteiger partial charge < -0.3 is 14.2 Å². The number of carbonyl (C=O) groups excluding carboxylic acids is 3. The molecule has 0 fully saturated rings. The summed E-state index contributed by atoms with van der Waals surface area (Å²) in [5.74, 6) is -0.868. The monoisotopic (exact) mass is 847 g/mol. The predicted octanol–water partition coefficient (Wildman–Crippen LogP) is 17.4. The van der Waals surface area contributed by atoms with Crippen LogP contribution in [0.15, 0.2) is 12.2 Å². The van der Waals surface area contributed by atoms with E-state index in [2.05, 4.69) is 32.9 Å². The standard InChI is InChI=1S/C54H102O6/c1-4-7-10-13-16-19-21-22-23-24-25-26-27-28-29-30-31-32-34-35-38-41-44-47-53(56)59-50-51(49-58-52(55)46-43-40-37-18-15-12-9-6-3)60-54(57)48-45-42-39-36-33-20-17-14-11-8-5-2/h14,17,51H,4-13,15-16,18-50H2,1-3H3/b17-14-. The molecule has 0 saturated carbocycles. The highest BCUT2D eigenvalue weighted by Gasteiger charge is 2.19. The fraction of sp³-hybridized carbons (Fsp3) is 0.907. The summed E-state index contributed by atoms with van der Waals surface area (Å²) in [5, 5.41) is 0. The molecule has 6 heteroatoms. The summed E-state index contributed by atoms with van der Waals surface area (Å²) in [7, 11) is 0. The SMILES string of the molecule is CCCC/C=C\CCCCCCCC(=O)OC(COC(=O)CCCCCCCCCC)COC(=O)CCCCCCCCCCCCCCCCCCCCCCCCC. The average molecular weight is 847 g/mol. The van der Waals surface area contributed by atoms with Crippen molar-refractivity contribution in [1.82, 2.24) is 0 Å². The summed E-state index contributed by atoms with van der Waals surface area (Å²) in [6.45, 7) is 6.60. The van der Waals surface area contributed by atoms with Gasteiger partial charge in [0.1, 0.15) is 13.2 Å². The van der Waals surface area contributed by atoms with Gasteiger partial charge in [0.2, 0.25) is 0 Å². The van der Waals surface area contributed by atoms with E-state index in [1.54, 1.807) is 0 Å². The van der Waals surface area contributed by atoms with Crippen LogP contribution in [-0.4, -0.2) is 37.2 Å². The van der Waals surface area contributed by atoms with Crippen molar-refractivity contribution in [1.29, 1.82) is 0 Å². The van der Waals surface area contributed by atoms with Gasteiger partial charge in [-0.05, 0) is 38.5 Å². The quantitative estimate of drug-likeness (QED) is 0.0263. The van der Waals surface area contributed by atoms with Crippen LogP contribution in [0.1, 0.15) is 297 Å². The molecule has 0 aromatic carbocycles. The van der Waals surface area contributed by atoms with Crippen molar-refractivity contribution in [3.8, 4) is 0 Å². The molecule has 0 aliphatic rings. The highest BCUT2D eigenvalue weighted by atomic mass is 16.6. The van der Waals surface area contributed by atoms with E-state index in [0.29, 0.717) is 19.3 Å². The molecule has 0 saturated heterocycles. The van der Waals surface area contributed by atoms with Crippen molar-refractivity contribution >= 4 is 17.9 Å².